The molecule has 0 radical (unpaired) electrons. The van der Waals surface area contributed by atoms with Gasteiger partial charge in [-0.1, -0.05) is 12.1 Å². The van der Waals surface area contributed by atoms with Gasteiger partial charge in [-0.25, -0.2) is 13.1 Å². The van der Waals surface area contributed by atoms with Gasteiger partial charge in [-0.15, -0.1) is 0 Å². The first kappa shape index (κ1) is 21.7. The van der Waals surface area contributed by atoms with Crippen LogP contribution in [0.15, 0.2) is 53.4 Å². The van der Waals surface area contributed by atoms with Crippen molar-refractivity contribution in [2.24, 2.45) is 0 Å². The van der Waals surface area contributed by atoms with E-state index in [1.54, 1.807) is 50.4 Å². The minimum atomic E-state index is -3.86. The number of nitrogens with one attached hydrogen (secondary N) is 1. The second-order valence-corrected chi connectivity index (χ2v) is 7.57. The molecule has 0 saturated carbocycles. The van der Waals surface area contributed by atoms with E-state index in [4.69, 9.17) is 14.2 Å². The summed E-state index contributed by atoms with van der Waals surface area (Å²) in [4.78, 5) is 12.1. The van der Waals surface area contributed by atoms with Gasteiger partial charge in [0, 0.05) is 0 Å². The summed E-state index contributed by atoms with van der Waals surface area (Å²) in [5, 5.41) is 0. The zero-order chi connectivity index (χ0) is 20.6. The summed E-state index contributed by atoms with van der Waals surface area (Å²) >= 11 is 0. The highest BCUT2D eigenvalue weighted by atomic mass is 32.2. The fourth-order valence-electron chi connectivity index (χ4n) is 2.59. The highest BCUT2D eigenvalue weighted by Crippen LogP contribution is 2.24. The van der Waals surface area contributed by atoms with Crippen LogP contribution in [-0.4, -0.2) is 34.7 Å². The lowest BCUT2D eigenvalue weighted by atomic mass is 10.0. The van der Waals surface area contributed by atoms with Gasteiger partial charge < -0.3 is 14.2 Å². The third-order valence-corrected chi connectivity index (χ3v) is 5.42. The van der Waals surface area contributed by atoms with Crippen molar-refractivity contribution in [1.82, 2.24) is 4.72 Å². The maximum absolute atomic E-state index is 12.8. The van der Waals surface area contributed by atoms with E-state index in [-0.39, 0.29) is 17.9 Å². The van der Waals surface area contributed by atoms with Crippen LogP contribution in [-0.2, 0) is 19.6 Å². The molecule has 1 N–H and O–H groups in total. The van der Waals surface area contributed by atoms with Gasteiger partial charge in [0.2, 0.25) is 10.0 Å². The van der Waals surface area contributed by atoms with Crippen molar-refractivity contribution in [3.05, 3.63) is 54.1 Å². The van der Waals surface area contributed by atoms with Crippen LogP contribution < -0.4 is 14.2 Å². The quantitative estimate of drug-likeness (QED) is 0.609. The number of carbonyl (C=O) groups is 1. The number of methoxy groups -OCH3 is 1. The van der Waals surface area contributed by atoms with Crippen LogP contribution in [0.3, 0.4) is 0 Å². The Morgan fingerprint density at radius 1 is 0.964 bits per heavy atom. The smallest absolute Gasteiger partial charge is 0.307 e. The number of benzene rings is 2. The molecule has 0 fully saturated rings. The Kier molecular flexibility index (Phi) is 7.83. The first-order valence-corrected chi connectivity index (χ1v) is 10.4. The lowest BCUT2D eigenvalue weighted by molar-refractivity contribution is -0.143. The number of sulfonamides is 1. The minimum absolute atomic E-state index is 0.0818. The maximum Gasteiger partial charge on any atom is 0.307 e. The molecule has 2 aromatic carbocycles. The lowest BCUT2D eigenvalue weighted by Crippen LogP contribution is -2.30. The second kappa shape index (κ2) is 10.1. The van der Waals surface area contributed by atoms with Crippen molar-refractivity contribution in [2.75, 3.05) is 20.3 Å². The molecule has 8 heteroatoms. The third kappa shape index (κ3) is 5.97. The van der Waals surface area contributed by atoms with Crippen LogP contribution in [0.1, 0.15) is 31.9 Å². The topological polar surface area (TPSA) is 90.9 Å². The third-order valence-electron chi connectivity index (χ3n) is 3.94. The van der Waals surface area contributed by atoms with E-state index in [1.165, 1.54) is 12.1 Å². The molecule has 0 aliphatic heterocycles. The molecule has 0 heterocycles. The summed E-state index contributed by atoms with van der Waals surface area (Å²) in [6.07, 6.45) is -0.129. The maximum atomic E-state index is 12.8. The van der Waals surface area contributed by atoms with Crippen LogP contribution in [0.25, 0.3) is 0 Å². The number of carbonyl (C=O) groups excluding carboxylic acids is 1. The monoisotopic (exact) mass is 407 g/mol. The molecule has 0 unspecified atom stereocenters. The Hall–Kier alpha value is -2.58. The van der Waals surface area contributed by atoms with E-state index < -0.39 is 22.0 Å². The summed E-state index contributed by atoms with van der Waals surface area (Å²) in [7, 11) is -2.32. The average molecular weight is 407 g/mol. The zero-order valence-electron chi connectivity index (χ0n) is 16.2. The van der Waals surface area contributed by atoms with Crippen molar-refractivity contribution < 1.29 is 27.4 Å². The molecule has 0 aliphatic carbocycles. The van der Waals surface area contributed by atoms with Crippen LogP contribution in [0.5, 0.6) is 11.5 Å². The summed E-state index contributed by atoms with van der Waals surface area (Å²) < 4.78 is 43.7. The van der Waals surface area contributed by atoms with E-state index in [0.717, 1.165) is 0 Å². The molecule has 1 atom stereocenters. The van der Waals surface area contributed by atoms with Gasteiger partial charge in [0.15, 0.2) is 0 Å². The van der Waals surface area contributed by atoms with Crippen molar-refractivity contribution >= 4 is 16.0 Å². The van der Waals surface area contributed by atoms with E-state index >= 15 is 0 Å². The number of ether oxygens (including phenoxy) is 3. The summed E-state index contributed by atoms with van der Waals surface area (Å²) in [5.41, 5.74) is 0.628. The van der Waals surface area contributed by atoms with Crippen molar-refractivity contribution in [1.29, 1.82) is 0 Å². The average Bonchev–Trinajstić information content (AvgIpc) is 2.68. The molecular formula is C20H25NO6S. The number of hydrogen-bond acceptors (Lipinski definition) is 6. The molecule has 0 spiro atoms. The van der Waals surface area contributed by atoms with Gasteiger partial charge in [-0.05, 0) is 55.8 Å². The van der Waals surface area contributed by atoms with E-state index in [1.807, 2.05) is 6.92 Å². The standard InChI is InChI=1S/C20H25NO6S/c1-4-26-17-10-12-18(13-11-17)28(23,24)21-19(14-20(22)27-5-2)15-6-8-16(25-3)9-7-15/h6-13,19,21H,4-5,14H2,1-3H3/t19-/m0/s1. The first-order valence-electron chi connectivity index (χ1n) is 8.94. The number of hydrogen-bond donors (Lipinski definition) is 1. The van der Waals surface area contributed by atoms with Crippen LogP contribution >= 0.6 is 0 Å². The normalized spacial score (nSPS) is 12.2. The molecule has 0 saturated heterocycles. The summed E-state index contributed by atoms with van der Waals surface area (Å²) in [6.45, 7) is 4.26. The summed E-state index contributed by atoms with van der Waals surface area (Å²) in [6, 6.07) is 12.2. The predicted molar refractivity (Wildman–Crippen MR) is 105 cm³/mol. The molecule has 0 aromatic heterocycles. The van der Waals surface area contributed by atoms with Gasteiger partial charge in [-0.3, -0.25) is 4.79 Å². The Morgan fingerprint density at radius 3 is 2.11 bits per heavy atom. The van der Waals surface area contributed by atoms with Crippen molar-refractivity contribution in [3.8, 4) is 11.5 Å². The Labute approximate surface area is 165 Å². The summed E-state index contributed by atoms with van der Waals surface area (Å²) in [5.74, 6) is 0.727. The fraction of sp³-hybridized carbons (Fsp3) is 0.350. The largest absolute Gasteiger partial charge is 0.497 e. The Morgan fingerprint density at radius 2 is 1.57 bits per heavy atom. The van der Waals surface area contributed by atoms with Crippen molar-refractivity contribution in [3.63, 3.8) is 0 Å². The molecule has 0 bridgehead atoms. The lowest BCUT2D eigenvalue weighted by Gasteiger charge is -2.19. The SMILES string of the molecule is CCOC(=O)C[C@H](NS(=O)(=O)c1ccc(OCC)cc1)c1ccc(OC)cc1. The Bertz CT molecular complexity index is 863. The zero-order valence-corrected chi connectivity index (χ0v) is 17.0. The molecule has 152 valence electrons. The molecule has 7 nitrogen and oxygen atoms in total. The molecule has 0 amide bonds. The van der Waals surface area contributed by atoms with E-state index in [2.05, 4.69) is 4.72 Å². The molecule has 28 heavy (non-hydrogen) atoms. The molecular weight excluding hydrogens is 382 g/mol. The predicted octanol–water partition coefficient (Wildman–Crippen LogP) is 3.07. The van der Waals surface area contributed by atoms with Crippen molar-refractivity contribution in [2.45, 2.75) is 31.2 Å². The first-order chi connectivity index (χ1) is 13.4. The van der Waals surface area contributed by atoms with Gasteiger partial charge in [0.05, 0.1) is 37.7 Å². The second-order valence-electron chi connectivity index (χ2n) is 5.86. The highest BCUT2D eigenvalue weighted by Gasteiger charge is 2.24. The molecule has 2 aromatic rings. The number of rotatable bonds is 10. The molecule has 0 aliphatic rings. The minimum Gasteiger partial charge on any atom is -0.497 e. The van der Waals surface area contributed by atoms with Gasteiger partial charge in [0.25, 0.3) is 0 Å². The molecule has 2 rings (SSSR count). The van der Waals surface area contributed by atoms with Gasteiger partial charge >= 0.3 is 5.97 Å². The fourth-order valence-corrected chi connectivity index (χ4v) is 3.81. The Balaban J connectivity index is 2.27. The van der Waals surface area contributed by atoms with Crippen LogP contribution in [0.2, 0.25) is 0 Å². The van der Waals surface area contributed by atoms with Crippen LogP contribution in [0, 0.1) is 0 Å². The van der Waals surface area contributed by atoms with Crippen LogP contribution in [0.4, 0.5) is 0 Å². The van der Waals surface area contributed by atoms with Gasteiger partial charge in [-0.2, -0.15) is 0 Å². The van der Waals surface area contributed by atoms with E-state index in [9.17, 15) is 13.2 Å². The number of esters is 1. The van der Waals surface area contributed by atoms with E-state index in [0.29, 0.717) is 23.7 Å². The highest BCUT2D eigenvalue weighted by molar-refractivity contribution is 7.89. The van der Waals surface area contributed by atoms with Gasteiger partial charge in [0.1, 0.15) is 11.5 Å².